The first-order valence-corrected chi connectivity index (χ1v) is 8.99. The van der Waals surface area contributed by atoms with Crippen LogP contribution in [0.2, 0.25) is 0 Å². The fourth-order valence-corrected chi connectivity index (χ4v) is 2.71. The number of aryl methyl sites for hydroxylation is 2. The van der Waals surface area contributed by atoms with Crippen molar-refractivity contribution in [3.05, 3.63) is 57.8 Å². The zero-order chi connectivity index (χ0) is 18.9. The molecule has 0 aliphatic heterocycles. The van der Waals surface area contributed by atoms with E-state index in [4.69, 9.17) is 0 Å². The van der Waals surface area contributed by atoms with Gasteiger partial charge < -0.3 is 5.32 Å². The van der Waals surface area contributed by atoms with E-state index in [1.165, 1.54) is 17.4 Å². The van der Waals surface area contributed by atoms with Gasteiger partial charge in [0.05, 0.1) is 0 Å². The summed E-state index contributed by atoms with van der Waals surface area (Å²) in [6.07, 6.45) is 2.99. The summed E-state index contributed by atoms with van der Waals surface area (Å²) in [6.45, 7) is 3.85. The predicted molar refractivity (Wildman–Crippen MR) is 103 cm³/mol. The van der Waals surface area contributed by atoms with Gasteiger partial charge in [-0.25, -0.2) is 0 Å². The van der Waals surface area contributed by atoms with Crippen molar-refractivity contribution in [2.24, 2.45) is 0 Å². The minimum absolute atomic E-state index is 0.0222. The Morgan fingerprint density at radius 1 is 1.04 bits per heavy atom. The monoisotopic (exact) mass is 371 g/mol. The third kappa shape index (κ3) is 6.52. The molecule has 136 valence electrons. The first-order chi connectivity index (χ1) is 12.4. The van der Waals surface area contributed by atoms with Crippen molar-refractivity contribution in [2.45, 2.75) is 26.7 Å². The summed E-state index contributed by atoms with van der Waals surface area (Å²) in [5.74, 6) is -1.12. The molecule has 0 atom stereocenters. The SMILES string of the molecule is Cc1ccc(C)c(NC(=O)CCC(=O)NNC(=O)C=Cc2cccs2)c1. The number of thiophene rings is 1. The standard InChI is InChI=1S/C19H21N3O3S/c1-13-5-6-14(2)16(12-13)20-17(23)9-10-19(25)22-21-18(24)8-7-15-4-3-11-26-15/h3-8,11-12H,9-10H2,1-2H3,(H,20,23)(H,21,24)(H,22,25). The molecule has 2 aromatic rings. The molecule has 1 heterocycles. The Morgan fingerprint density at radius 3 is 2.54 bits per heavy atom. The van der Waals surface area contributed by atoms with Gasteiger partial charge in [0.1, 0.15) is 0 Å². The number of nitrogens with one attached hydrogen (secondary N) is 3. The largest absolute Gasteiger partial charge is 0.326 e. The molecule has 2 rings (SSSR count). The number of hydrogen-bond donors (Lipinski definition) is 3. The molecular formula is C19H21N3O3S. The second-order valence-electron chi connectivity index (χ2n) is 5.75. The molecule has 0 saturated carbocycles. The third-order valence-corrected chi connectivity index (χ3v) is 4.35. The molecule has 3 amide bonds. The number of hydrogen-bond acceptors (Lipinski definition) is 4. The molecule has 1 aromatic carbocycles. The number of carbonyl (C=O) groups is 3. The average molecular weight is 371 g/mol. The van der Waals surface area contributed by atoms with Gasteiger partial charge in [-0.2, -0.15) is 0 Å². The summed E-state index contributed by atoms with van der Waals surface area (Å²) in [7, 11) is 0. The fourth-order valence-electron chi connectivity index (χ4n) is 2.09. The van der Waals surface area contributed by atoms with E-state index in [9.17, 15) is 14.4 Å². The smallest absolute Gasteiger partial charge is 0.262 e. The van der Waals surface area contributed by atoms with Crippen LogP contribution in [0.3, 0.4) is 0 Å². The molecule has 7 heteroatoms. The molecule has 3 N–H and O–H groups in total. The molecule has 0 saturated heterocycles. The lowest BCUT2D eigenvalue weighted by atomic mass is 10.1. The number of carbonyl (C=O) groups excluding carboxylic acids is 3. The third-order valence-electron chi connectivity index (χ3n) is 3.51. The van der Waals surface area contributed by atoms with Crippen LogP contribution in [-0.2, 0) is 14.4 Å². The molecule has 0 fully saturated rings. The van der Waals surface area contributed by atoms with E-state index >= 15 is 0 Å². The van der Waals surface area contributed by atoms with Gasteiger partial charge in [-0.1, -0.05) is 18.2 Å². The van der Waals surface area contributed by atoms with Crippen molar-refractivity contribution >= 4 is 40.8 Å². The van der Waals surface area contributed by atoms with Crippen LogP contribution in [0.1, 0.15) is 28.8 Å². The lowest BCUT2D eigenvalue weighted by Gasteiger charge is -2.09. The van der Waals surface area contributed by atoms with Gasteiger partial charge in [0.2, 0.25) is 11.8 Å². The van der Waals surface area contributed by atoms with E-state index in [1.54, 1.807) is 6.08 Å². The van der Waals surface area contributed by atoms with Crippen LogP contribution in [0.15, 0.2) is 41.8 Å². The Morgan fingerprint density at radius 2 is 1.81 bits per heavy atom. The van der Waals surface area contributed by atoms with Crippen molar-refractivity contribution in [3.63, 3.8) is 0 Å². The Hall–Kier alpha value is -2.93. The van der Waals surface area contributed by atoms with E-state index in [-0.39, 0.29) is 18.7 Å². The van der Waals surface area contributed by atoms with Gasteiger partial charge in [0.15, 0.2) is 0 Å². The Balaban J connectivity index is 1.70. The van der Waals surface area contributed by atoms with Crippen LogP contribution in [0.5, 0.6) is 0 Å². The molecule has 0 radical (unpaired) electrons. The van der Waals surface area contributed by atoms with E-state index < -0.39 is 11.8 Å². The molecule has 6 nitrogen and oxygen atoms in total. The van der Waals surface area contributed by atoms with Crippen LogP contribution in [0.25, 0.3) is 6.08 Å². The first kappa shape index (κ1) is 19.4. The number of hydrazine groups is 1. The van der Waals surface area contributed by atoms with Gasteiger partial charge in [-0.3, -0.25) is 25.2 Å². The second-order valence-corrected chi connectivity index (χ2v) is 6.73. The van der Waals surface area contributed by atoms with Crippen molar-refractivity contribution in [1.82, 2.24) is 10.9 Å². The molecular weight excluding hydrogens is 350 g/mol. The van der Waals surface area contributed by atoms with Crippen LogP contribution in [0, 0.1) is 13.8 Å². The van der Waals surface area contributed by atoms with Gasteiger partial charge >= 0.3 is 0 Å². The molecule has 1 aromatic heterocycles. The summed E-state index contributed by atoms with van der Waals surface area (Å²) in [4.78, 5) is 36.2. The van der Waals surface area contributed by atoms with Crippen LogP contribution >= 0.6 is 11.3 Å². The summed E-state index contributed by atoms with van der Waals surface area (Å²) in [5.41, 5.74) is 7.31. The maximum Gasteiger partial charge on any atom is 0.262 e. The lowest BCUT2D eigenvalue weighted by Crippen LogP contribution is -2.41. The van der Waals surface area contributed by atoms with Gasteiger partial charge in [-0.15, -0.1) is 11.3 Å². The van der Waals surface area contributed by atoms with Crippen LogP contribution < -0.4 is 16.2 Å². The zero-order valence-electron chi connectivity index (χ0n) is 14.7. The summed E-state index contributed by atoms with van der Waals surface area (Å²) >= 11 is 1.50. The van der Waals surface area contributed by atoms with Gasteiger partial charge in [-0.05, 0) is 48.6 Å². The first-order valence-electron chi connectivity index (χ1n) is 8.11. The van der Waals surface area contributed by atoms with E-state index in [0.29, 0.717) is 0 Å². The van der Waals surface area contributed by atoms with Gasteiger partial charge in [0.25, 0.3) is 5.91 Å². The van der Waals surface area contributed by atoms with Crippen molar-refractivity contribution in [1.29, 1.82) is 0 Å². The second kappa shape index (κ2) is 9.53. The minimum Gasteiger partial charge on any atom is -0.326 e. The van der Waals surface area contributed by atoms with E-state index in [2.05, 4.69) is 16.2 Å². The molecule has 0 unspecified atom stereocenters. The zero-order valence-corrected chi connectivity index (χ0v) is 15.5. The van der Waals surface area contributed by atoms with E-state index in [0.717, 1.165) is 21.7 Å². The minimum atomic E-state index is -0.438. The van der Waals surface area contributed by atoms with E-state index in [1.807, 2.05) is 49.6 Å². The maximum atomic E-state index is 12.0. The average Bonchev–Trinajstić information content (AvgIpc) is 3.13. The van der Waals surface area contributed by atoms with Crippen LogP contribution in [-0.4, -0.2) is 17.7 Å². The van der Waals surface area contributed by atoms with Crippen molar-refractivity contribution in [2.75, 3.05) is 5.32 Å². The normalized spacial score (nSPS) is 10.5. The fraction of sp³-hybridized carbons (Fsp3) is 0.211. The predicted octanol–water partition coefficient (Wildman–Crippen LogP) is 2.94. The quantitative estimate of drug-likeness (QED) is 0.539. The molecule has 0 aliphatic carbocycles. The Bertz CT molecular complexity index is 813. The van der Waals surface area contributed by atoms with Gasteiger partial charge in [0, 0.05) is 29.5 Å². The lowest BCUT2D eigenvalue weighted by molar-refractivity contribution is -0.128. The number of amides is 3. The van der Waals surface area contributed by atoms with Crippen molar-refractivity contribution < 1.29 is 14.4 Å². The highest BCUT2D eigenvalue weighted by atomic mass is 32.1. The maximum absolute atomic E-state index is 12.0. The Kier molecular flexibility index (Phi) is 7.11. The molecule has 0 bridgehead atoms. The highest BCUT2D eigenvalue weighted by molar-refractivity contribution is 7.10. The highest BCUT2D eigenvalue weighted by Gasteiger charge is 2.09. The summed E-state index contributed by atoms with van der Waals surface area (Å²) < 4.78 is 0. The highest BCUT2D eigenvalue weighted by Crippen LogP contribution is 2.16. The van der Waals surface area contributed by atoms with Crippen molar-refractivity contribution in [3.8, 4) is 0 Å². The summed E-state index contributed by atoms with van der Waals surface area (Å²) in [5, 5.41) is 4.70. The molecule has 26 heavy (non-hydrogen) atoms. The summed E-state index contributed by atoms with van der Waals surface area (Å²) in [6, 6.07) is 9.53. The topological polar surface area (TPSA) is 87.3 Å². The number of anilines is 1. The number of benzene rings is 1. The Labute approximate surface area is 156 Å². The molecule has 0 spiro atoms. The number of rotatable bonds is 6. The molecule has 0 aliphatic rings. The van der Waals surface area contributed by atoms with Crippen LogP contribution in [0.4, 0.5) is 5.69 Å².